The number of ether oxygens (including phenoxy) is 1. The molecule has 1 aromatic heterocycles. The monoisotopic (exact) mass is 421 g/mol. The molecule has 1 amide bonds. The number of carbonyl (C=O) groups excluding carboxylic acids is 1. The Labute approximate surface area is 182 Å². The second kappa shape index (κ2) is 9.43. The van der Waals surface area contributed by atoms with Gasteiger partial charge in [0.05, 0.1) is 17.7 Å². The van der Waals surface area contributed by atoms with Crippen LogP contribution in [0.25, 0.3) is 10.9 Å². The number of hydrogen-bond acceptors (Lipinski definition) is 4. The highest BCUT2D eigenvalue weighted by molar-refractivity contribution is 5.94. The molecular formula is C25H28FN3O2. The number of hydrogen-bond donors (Lipinski definition) is 0. The number of fused-ring (bicyclic) bond motifs is 1. The standard InChI is InChI=1S/C25H28FN3O2/c1-18-9-10-23-19(15-18)16-20(24(27-23)28-11-5-6-12-28)17-29(13-14-31-2)25(30)21-7-3-4-8-22(21)26/h3-4,7-10,15-16H,5-6,11-14,17H2,1-2H3. The zero-order valence-corrected chi connectivity index (χ0v) is 18.1. The van der Waals surface area contributed by atoms with Gasteiger partial charge < -0.3 is 14.5 Å². The van der Waals surface area contributed by atoms with Gasteiger partial charge >= 0.3 is 0 Å². The van der Waals surface area contributed by atoms with E-state index < -0.39 is 5.82 Å². The molecule has 5 nitrogen and oxygen atoms in total. The van der Waals surface area contributed by atoms with E-state index in [4.69, 9.17) is 9.72 Å². The van der Waals surface area contributed by atoms with Gasteiger partial charge in [0.15, 0.2) is 0 Å². The number of halogens is 1. The van der Waals surface area contributed by atoms with Crippen LogP contribution in [0.1, 0.15) is 34.3 Å². The Kier molecular flexibility index (Phi) is 6.47. The first-order chi connectivity index (χ1) is 15.1. The molecule has 162 valence electrons. The van der Waals surface area contributed by atoms with Crippen LogP contribution in [0, 0.1) is 12.7 Å². The van der Waals surface area contributed by atoms with Gasteiger partial charge in [0, 0.05) is 44.2 Å². The molecule has 0 aliphatic carbocycles. The molecule has 4 rings (SSSR count). The molecule has 1 saturated heterocycles. The minimum absolute atomic E-state index is 0.0749. The summed E-state index contributed by atoms with van der Waals surface area (Å²) in [6.07, 6.45) is 2.27. The van der Waals surface area contributed by atoms with Crippen molar-refractivity contribution in [1.29, 1.82) is 0 Å². The third kappa shape index (κ3) is 4.69. The quantitative estimate of drug-likeness (QED) is 0.561. The number of pyridine rings is 1. The number of methoxy groups -OCH3 is 1. The average Bonchev–Trinajstić information content (AvgIpc) is 3.30. The predicted octanol–water partition coefficient (Wildman–Crippen LogP) is 4.57. The Morgan fingerprint density at radius 2 is 1.94 bits per heavy atom. The smallest absolute Gasteiger partial charge is 0.257 e. The Bertz CT molecular complexity index is 1080. The normalized spacial score (nSPS) is 13.7. The van der Waals surface area contributed by atoms with E-state index in [1.165, 1.54) is 12.1 Å². The van der Waals surface area contributed by atoms with Crippen LogP contribution in [0.4, 0.5) is 10.2 Å². The average molecular weight is 422 g/mol. The highest BCUT2D eigenvalue weighted by atomic mass is 19.1. The van der Waals surface area contributed by atoms with Gasteiger partial charge in [-0.1, -0.05) is 23.8 Å². The Morgan fingerprint density at radius 3 is 2.68 bits per heavy atom. The van der Waals surface area contributed by atoms with Crippen molar-refractivity contribution < 1.29 is 13.9 Å². The van der Waals surface area contributed by atoms with E-state index >= 15 is 0 Å². The molecule has 0 saturated carbocycles. The lowest BCUT2D eigenvalue weighted by Crippen LogP contribution is -2.35. The number of aromatic nitrogens is 1. The molecule has 2 aromatic carbocycles. The van der Waals surface area contributed by atoms with Gasteiger partial charge in [-0.3, -0.25) is 4.79 Å². The summed E-state index contributed by atoms with van der Waals surface area (Å²) >= 11 is 0. The summed E-state index contributed by atoms with van der Waals surface area (Å²) < 4.78 is 19.6. The van der Waals surface area contributed by atoms with Crippen LogP contribution in [0.5, 0.6) is 0 Å². The fraction of sp³-hybridized carbons (Fsp3) is 0.360. The van der Waals surface area contributed by atoms with Crippen molar-refractivity contribution >= 4 is 22.6 Å². The molecule has 0 spiro atoms. The van der Waals surface area contributed by atoms with Crippen molar-refractivity contribution in [2.75, 3.05) is 38.3 Å². The van der Waals surface area contributed by atoms with Crippen LogP contribution < -0.4 is 4.90 Å². The van der Waals surface area contributed by atoms with Gasteiger partial charge in [-0.15, -0.1) is 0 Å². The molecule has 1 aliphatic rings. The highest BCUT2D eigenvalue weighted by Crippen LogP contribution is 2.28. The molecule has 0 N–H and O–H groups in total. The second-order valence-electron chi connectivity index (χ2n) is 8.06. The van der Waals surface area contributed by atoms with E-state index in [0.29, 0.717) is 19.7 Å². The van der Waals surface area contributed by atoms with Gasteiger partial charge in [-0.05, 0) is 50.1 Å². The molecule has 1 aliphatic heterocycles. The van der Waals surface area contributed by atoms with Crippen LogP contribution >= 0.6 is 0 Å². The Balaban J connectivity index is 1.74. The third-order valence-corrected chi connectivity index (χ3v) is 5.75. The maximum absolute atomic E-state index is 14.3. The number of aryl methyl sites for hydroxylation is 1. The fourth-order valence-electron chi connectivity index (χ4n) is 4.11. The van der Waals surface area contributed by atoms with Crippen molar-refractivity contribution in [3.8, 4) is 0 Å². The summed E-state index contributed by atoms with van der Waals surface area (Å²) in [5.41, 5.74) is 3.15. The maximum Gasteiger partial charge on any atom is 0.257 e. The largest absolute Gasteiger partial charge is 0.383 e. The van der Waals surface area contributed by atoms with Crippen molar-refractivity contribution in [3.63, 3.8) is 0 Å². The molecule has 3 aromatic rings. The summed E-state index contributed by atoms with van der Waals surface area (Å²) in [4.78, 5) is 22.1. The van der Waals surface area contributed by atoms with Gasteiger partial charge in [-0.25, -0.2) is 9.37 Å². The summed E-state index contributed by atoms with van der Waals surface area (Å²) in [6, 6.07) is 14.5. The topological polar surface area (TPSA) is 45.7 Å². The number of nitrogens with zero attached hydrogens (tertiary/aromatic N) is 3. The van der Waals surface area contributed by atoms with Gasteiger partial charge in [0.1, 0.15) is 11.6 Å². The second-order valence-corrected chi connectivity index (χ2v) is 8.06. The molecule has 2 heterocycles. The third-order valence-electron chi connectivity index (χ3n) is 5.75. The summed E-state index contributed by atoms with van der Waals surface area (Å²) in [6.45, 7) is 5.06. The zero-order valence-electron chi connectivity index (χ0n) is 18.1. The van der Waals surface area contributed by atoms with Crippen LogP contribution in [0.2, 0.25) is 0 Å². The first-order valence-corrected chi connectivity index (χ1v) is 10.7. The van der Waals surface area contributed by atoms with Crippen molar-refractivity contribution in [1.82, 2.24) is 9.88 Å². The van der Waals surface area contributed by atoms with E-state index in [2.05, 4.69) is 30.0 Å². The van der Waals surface area contributed by atoms with Crippen molar-refractivity contribution in [2.24, 2.45) is 0 Å². The number of amides is 1. The van der Waals surface area contributed by atoms with E-state index in [1.807, 2.05) is 6.07 Å². The van der Waals surface area contributed by atoms with Crippen LogP contribution in [-0.4, -0.2) is 49.1 Å². The number of benzene rings is 2. The summed E-state index contributed by atoms with van der Waals surface area (Å²) in [5, 5.41) is 1.04. The molecule has 0 unspecified atom stereocenters. The van der Waals surface area contributed by atoms with Crippen LogP contribution in [-0.2, 0) is 11.3 Å². The predicted molar refractivity (Wildman–Crippen MR) is 121 cm³/mol. The minimum atomic E-state index is -0.512. The number of anilines is 1. The van der Waals surface area contributed by atoms with Gasteiger partial charge in [-0.2, -0.15) is 0 Å². The summed E-state index contributed by atoms with van der Waals surface area (Å²) in [5.74, 6) is 0.0615. The number of rotatable bonds is 7. The van der Waals surface area contributed by atoms with Crippen molar-refractivity contribution in [2.45, 2.75) is 26.3 Å². The maximum atomic E-state index is 14.3. The lowest BCUT2D eigenvalue weighted by Gasteiger charge is -2.27. The van der Waals surface area contributed by atoms with E-state index in [9.17, 15) is 9.18 Å². The first-order valence-electron chi connectivity index (χ1n) is 10.7. The van der Waals surface area contributed by atoms with Gasteiger partial charge in [0.2, 0.25) is 0 Å². The SMILES string of the molecule is COCCN(Cc1cc2cc(C)ccc2nc1N1CCCC1)C(=O)c1ccccc1F. The zero-order chi connectivity index (χ0) is 21.8. The highest BCUT2D eigenvalue weighted by Gasteiger charge is 2.24. The molecule has 0 atom stereocenters. The molecule has 6 heteroatoms. The van der Waals surface area contributed by atoms with Crippen LogP contribution in [0.3, 0.4) is 0 Å². The molecular weight excluding hydrogens is 393 g/mol. The molecule has 1 fully saturated rings. The fourth-order valence-corrected chi connectivity index (χ4v) is 4.11. The lowest BCUT2D eigenvalue weighted by atomic mass is 10.1. The first kappa shape index (κ1) is 21.2. The Morgan fingerprint density at radius 1 is 1.16 bits per heavy atom. The molecule has 0 bridgehead atoms. The van der Waals surface area contributed by atoms with Crippen molar-refractivity contribution in [3.05, 3.63) is 71.0 Å². The minimum Gasteiger partial charge on any atom is -0.383 e. The van der Waals surface area contributed by atoms with Crippen LogP contribution in [0.15, 0.2) is 48.5 Å². The lowest BCUT2D eigenvalue weighted by molar-refractivity contribution is 0.0676. The van der Waals surface area contributed by atoms with E-state index in [-0.39, 0.29) is 11.5 Å². The van der Waals surface area contributed by atoms with Gasteiger partial charge in [0.25, 0.3) is 5.91 Å². The van der Waals surface area contributed by atoms with E-state index in [0.717, 1.165) is 53.8 Å². The number of carbonyl (C=O) groups is 1. The Hall–Kier alpha value is -2.99. The summed E-state index contributed by atoms with van der Waals surface area (Å²) in [7, 11) is 1.60. The molecule has 0 radical (unpaired) electrons. The van der Waals surface area contributed by atoms with E-state index in [1.54, 1.807) is 24.1 Å². The molecule has 31 heavy (non-hydrogen) atoms.